The van der Waals surface area contributed by atoms with Gasteiger partial charge in [0, 0.05) is 24.3 Å². The summed E-state index contributed by atoms with van der Waals surface area (Å²) in [4.78, 5) is 43.6. The molecule has 0 saturated carbocycles. The van der Waals surface area contributed by atoms with Crippen molar-refractivity contribution >= 4 is 22.7 Å². The van der Waals surface area contributed by atoms with Gasteiger partial charge in [0.1, 0.15) is 35.1 Å². The highest BCUT2D eigenvalue weighted by molar-refractivity contribution is 5.65. The van der Waals surface area contributed by atoms with E-state index in [2.05, 4.69) is 0 Å². The lowest BCUT2D eigenvalue weighted by molar-refractivity contribution is -0.395. The van der Waals surface area contributed by atoms with Gasteiger partial charge >= 0.3 is 22.7 Å². The topological polar surface area (TPSA) is 209 Å². The van der Waals surface area contributed by atoms with Gasteiger partial charge in [-0.15, -0.1) is 0 Å². The van der Waals surface area contributed by atoms with Gasteiger partial charge in [-0.25, -0.2) is 0 Å². The summed E-state index contributed by atoms with van der Waals surface area (Å²) in [6, 6.07) is 12.9. The minimum absolute atomic E-state index is 0.0296. The monoisotopic (exact) mass is 562 g/mol. The number of aryl methyl sites for hydroxylation is 1. The molecule has 0 saturated heterocycles. The molecule has 5 rings (SSSR count). The van der Waals surface area contributed by atoms with Crippen molar-refractivity contribution in [2.24, 2.45) is 0 Å². The number of hydrogen-bond acceptors (Lipinski definition) is 12. The Morgan fingerprint density at radius 1 is 0.463 bits per heavy atom. The van der Waals surface area contributed by atoms with Crippen LogP contribution in [0.2, 0.25) is 0 Å². The first-order valence-corrected chi connectivity index (χ1v) is 11.4. The van der Waals surface area contributed by atoms with Crippen molar-refractivity contribution in [1.82, 2.24) is 0 Å². The lowest BCUT2D eigenvalue weighted by Gasteiger charge is -2.15. The van der Waals surface area contributed by atoms with Crippen molar-refractivity contribution in [2.45, 2.75) is 6.92 Å². The molecule has 8 bridgehead atoms. The Kier molecular flexibility index (Phi) is 6.48. The van der Waals surface area contributed by atoms with E-state index in [4.69, 9.17) is 18.9 Å². The number of nitro benzene ring substituents is 4. The first-order valence-electron chi connectivity index (χ1n) is 11.4. The smallest absolute Gasteiger partial charge is 0.318 e. The van der Waals surface area contributed by atoms with Crippen LogP contribution < -0.4 is 18.9 Å². The number of rotatable bonds is 4. The van der Waals surface area contributed by atoms with Crippen LogP contribution in [-0.2, 0) is 0 Å². The molecule has 0 aromatic heterocycles. The Labute approximate surface area is 227 Å². The molecule has 1 aliphatic heterocycles. The van der Waals surface area contributed by atoms with Gasteiger partial charge in [-0.2, -0.15) is 0 Å². The van der Waals surface area contributed by atoms with Crippen molar-refractivity contribution in [3.05, 3.63) is 113 Å². The van der Waals surface area contributed by atoms with Crippen LogP contribution in [0.3, 0.4) is 0 Å². The van der Waals surface area contributed by atoms with Gasteiger partial charge < -0.3 is 18.9 Å². The van der Waals surface area contributed by atoms with Crippen molar-refractivity contribution < 1.29 is 38.6 Å². The Hall–Kier alpha value is -6.32. The highest BCUT2D eigenvalue weighted by Crippen LogP contribution is 2.46. The predicted molar refractivity (Wildman–Crippen MR) is 137 cm³/mol. The van der Waals surface area contributed by atoms with Crippen molar-refractivity contribution in [3.63, 3.8) is 0 Å². The van der Waals surface area contributed by atoms with Gasteiger partial charge in [0.25, 0.3) is 0 Å². The third kappa shape index (κ3) is 5.32. The molecule has 0 amide bonds. The van der Waals surface area contributed by atoms with Crippen LogP contribution in [0.4, 0.5) is 22.7 Å². The van der Waals surface area contributed by atoms with Gasteiger partial charge in [-0.05, 0) is 36.8 Å². The summed E-state index contributed by atoms with van der Waals surface area (Å²) in [5.41, 5.74) is -2.44. The number of ether oxygens (including phenoxy) is 4. The van der Waals surface area contributed by atoms with Gasteiger partial charge in [0.05, 0.1) is 19.7 Å². The Morgan fingerprint density at radius 2 is 0.780 bits per heavy atom. The number of nitro groups is 4. The molecule has 4 aromatic carbocycles. The van der Waals surface area contributed by atoms with E-state index in [1.807, 2.05) is 0 Å². The molecule has 0 atom stereocenters. The largest absolute Gasteiger partial charge is 0.450 e. The minimum Gasteiger partial charge on any atom is -0.450 e. The second kappa shape index (κ2) is 10.1. The maximum absolute atomic E-state index is 11.8. The van der Waals surface area contributed by atoms with E-state index < -0.39 is 65.4 Å². The fraction of sp³-hybridized carbons (Fsp3) is 0.0400. The minimum atomic E-state index is -0.870. The van der Waals surface area contributed by atoms with Gasteiger partial charge in [0.15, 0.2) is 0 Å². The number of hydrogen-bond donors (Lipinski definition) is 0. The Morgan fingerprint density at radius 3 is 1.12 bits per heavy atom. The molecule has 0 fully saturated rings. The number of nitrogens with zero attached hydrogens (tertiary/aromatic N) is 4. The van der Waals surface area contributed by atoms with Crippen molar-refractivity contribution in [2.75, 3.05) is 0 Å². The molecular weight excluding hydrogens is 548 g/mol. The first-order chi connectivity index (χ1) is 19.5. The molecule has 206 valence electrons. The second-order valence-electron chi connectivity index (χ2n) is 8.47. The quantitative estimate of drug-likeness (QED) is 0.158. The normalized spacial score (nSPS) is 11.6. The number of fused-ring (bicyclic) bond motifs is 8. The Balaban J connectivity index is 1.77. The lowest BCUT2D eigenvalue weighted by atomic mass is 10.2. The summed E-state index contributed by atoms with van der Waals surface area (Å²) in [5.74, 6) is -1.78. The van der Waals surface area contributed by atoms with Crippen LogP contribution in [-0.4, -0.2) is 19.7 Å². The molecule has 0 unspecified atom stereocenters. The van der Waals surface area contributed by atoms with E-state index in [1.54, 1.807) is 6.92 Å². The zero-order chi connectivity index (χ0) is 29.4. The first kappa shape index (κ1) is 26.3. The molecule has 0 N–H and O–H groups in total. The Bertz CT molecular complexity index is 1670. The zero-order valence-electron chi connectivity index (χ0n) is 20.5. The van der Waals surface area contributed by atoms with Crippen LogP contribution in [0.1, 0.15) is 5.56 Å². The van der Waals surface area contributed by atoms with Crippen LogP contribution in [0, 0.1) is 47.4 Å². The third-order valence-corrected chi connectivity index (χ3v) is 5.61. The summed E-state index contributed by atoms with van der Waals surface area (Å²) >= 11 is 0. The van der Waals surface area contributed by atoms with Crippen LogP contribution in [0.25, 0.3) is 0 Å². The van der Waals surface area contributed by atoms with Crippen LogP contribution in [0.15, 0.2) is 66.7 Å². The van der Waals surface area contributed by atoms with Gasteiger partial charge in [-0.3, -0.25) is 40.5 Å². The van der Waals surface area contributed by atoms with E-state index in [0.29, 0.717) is 17.7 Å². The molecule has 0 radical (unpaired) electrons. The standard InChI is InChI=1S/C25H14N4O12/c1-13-5-16-8-17(6-13)41-25-12-23(19(27(32)33)10-21(25)29(36)37)39-15-4-2-3-14(7-15)38-22-11-24(40-16)20(28(34)35)9-18(22)26(30)31/h2-12H,1H3. The zero-order valence-corrected chi connectivity index (χ0v) is 20.5. The maximum Gasteiger partial charge on any atom is 0.318 e. The average Bonchev–Trinajstić information content (AvgIpc) is 2.87. The van der Waals surface area contributed by atoms with E-state index in [0.717, 1.165) is 12.1 Å². The fourth-order valence-corrected chi connectivity index (χ4v) is 3.92. The lowest BCUT2D eigenvalue weighted by Crippen LogP contribution is -2.01. The molecule has 41 heavy (non-hydrogen) atoms. The molecule has 1 aliphatic rings. The third-order valence-electron chi connectivity index (χ3n) is 5.61. The molecule has 16 nitrogen and oxygen atoms in total. The summed E-state index contributed by atoms with van der Waals surface area (Å²) < 4.78 is 22.8. The molecule has 0 aliphatic carbocycles. The van der Waals surface area contributed by atoms with Gasteiger partial charge in [-0.1, -0.05) is 6.07 Å². The molecule has 4 aromatic rings. The molecule has 1 heterocycles. The molecule has 16 heteroatoms. The predicted octanol–water partition coefficient (Wildman–Crippen LogP) is 7.11. The van der Waals surface area contributed by atoms with E-state index in [9.17, 15) is 40.5 Å². The van der Waals surface area contributed by atoms with Crippen molar-refractivity contribution in [3.8, 4) is 46.0 Å². The van der Waals surface area contributed by atoms with Crippen LogP contribution >= 0.6 is 0 Å². The summed E-state index contributed by atoms with van der Waals surface area (Å²) in [6.45, 7) is 1.61. The second-order valence-corrected chi connectivity index (χ2v) is 8.47. The summed E-state index contributed by atoms with van der Waals surface area (Å²) in [7, 11) is 0. The fourth-order valence-electron chi connectivity index (χ4n) is 3.92. The van der Waals surface area contributed by atoms with E-state index in [1.165, 1.54) is 42.5 Å². The average molecular weight is 562 g/mol. The van der Waals surface area contributed by atoms with Crippen molar-refractivity contribution in [1.29, 1.82) is 0 Å². The molecule has 0 spiro atoms. The number of benzene rings is 4. The SMILES string of the molecule is Cc1cc2cc(c1)Oc1cc(c([N+](=O)[O-])cc1[N+](=O)[O-])Oc1cccc(c1)Oc1cc(c([N+](=O)[O-])cc1[N+](=O)[O-])O2. The van der Waals surface area contributed by atoms with Crippen LogP contribution in [0.5, 0.6) is 46.0 Å². The van der Waals surface area contributed by atoms with E-state index in [-0.39, 0.29) is 23.0 Å². The summed E-state index contributed by atoms with van der Waals surface area (Å²) in [6.07, 6.45) is 0. The van der Waals surface area contributed by atoms with Gasteiger partial charge in [0.2, 0.25) is 23.0 Å². The molecular formula is C25H14N4O12. The summed E-state index contributed by atoms with van der Waals surface area (Å²) in [5, 5.41) is 47.0. The van der Waals surface area contributed by atoms with E-state index >= 15 is 0 Å². The highest BCUT2D eigenvalue weighted by atomic mass is 16.6. The maximum atomic E-state index is 11.8. The highest BCUT2D eigenvalue weighted by Gasteiger charge is 2.30.